The van der Waals surface area contributed by atoms with Gasteiger partial charge in [-0.15, -0.1) is 0 Å². The van der Waals surface area contributed by atoms with E-state index in [1.807, 2.05) is 0 Å². The van der Waals surface area contributed by atoms with E-state index in [0.717, 1.165) is 12.5 Å². The number of halogens is 1. The van der Waals surface area contributed by atoms with Gasteiger partial charge in [0.05, 0.1) is 0 Å². The Kier molecular flexibility index (Phi) is 3.16. The zero-order valence-corrected chi connectivity index (χ0v) is 7.21. The number of piperidine rings is 1. The summed E-state index contributed by atoms with van der Waals surface area (Å²) in [4.78, 5) is 0. The molecule has 1 heterocycles. The van der Waals surface area contributed by atoms with Crippen molar-refractivity contribution >= 4 is 21.8 Å². The molecular formula is C6H12ClNS. The number of hydrogen-bond acceptors (Lipinski definition) is 2. The Hall–Kier alpha value is 0.600. The molecule has 54 valence electrons. The lowest BCUT2D eigenvalue weighted by atomic mass is 10.0. The van der Waals surface area contributed by atoms with Crippen molar-refractivity contribution in [2.45, 2.75) is 19.8 Å². The topological polar surface area (TPSA) is 3.24 Å². The molecule has 0 bridgehead atoms. The monoisotopic (exact) mass is 165 g/mol. The fourth-order valence-corrected chi connectivity index (χ4v) is 2.09. The summed E-state index contributed by atoms with van der Waals surface area (Å²) >= 11 is 1.36. The quantitative estimate of drug-likeness (QED) is 0.550. The second-order valence-corrected chi connectivity index (χ2v) is 3.77. The van der Waals surface area contributed by atoms with Crippen LogP contribution in [0.4, 0.5) is 0 Å². The van der Waals surface area contributed by atoms with Crippen LogP contribution >= 0.6 is 21.8 Å². The van der Waals surface area contributed by atoms with Gasteiger partial charge in [0.15, 0.2) is 0 Å². The smallest absolute Gasteiger partial charge is 0.0307 e. The summed E-state index contributed by atoms with van der Waals surface area (Å²) in [7, 11) is 5.59. The van der Waals surface area contributed by atoms with Crippen LogP contribution in [0.2, 0.25) is 0 Å². The second kappa shape index (κ2) is 3.69. The van der Waals surface area contributed by atoms with Gasteiger partial charge in [-0.05, 0) is 29.4 Å². The summed E-state index contributed by atoms with van der Waals surface area (Å²) in [5, 5.41) is 0. The molecule has 0 aromatic rings. The van der Waals surface area contributed by atoms with Crippen molar-refractivity contribution in [2.24, 2.45) is 5.92 Å². The van der Waals surface area contributed by atoms with Crippen LogP contribution in [0.3, 0.4) is 0 Å². The fraction of sp³-hybridized carbons (Fsp3) is 1.00. The minimum atomic E-state index is 0.838. The van der Waals surface area contributed by atoms with Crippen molar-refractivity contribution < 1.29 is 0 Å². The molecule has 0 N–H and O–H groups in total. The van der Waals surface area contributed by atoms with Gasteiger partial charge in [0, 0.05) is 24.3 Å². The van der Waals surface area contributed by atoms with Gasteiger partial charge in [0.2, 0.25) is 0 Å². The maximum atomic E-state index is 5.59. The van der Waals surface area contributed by atoms with Crippen molar-refractivity contribution in [2.75, 3.05) is 13.1 Å². The summed E-state index contributed by atoms with van der Waals surface area (Å²) in [5.74, 6) is 0.838. The Bertz CT molecular complexity index is 89.1. The van der Waals surface area contributed by atoms with Crippen LogP contribution in [0.15, 0.2) is 0 Å². The van der Waals surface area contributed by atoms with Gasteiger partial charge in [-0.3, -0.25) is 0 Å². The molecular weight excluding hydrogens is 154 g/mol. The molecule has 1 aliphatic heterocycles. The van der Waals surface area contributed by atoms with E-state index in [0.29, 0.717) is 0 Å². The average Bonchev–Trinajstić information content (AvgIpc) is 1.88. The SMILES string of the molecule is CC1CCCN(SCl)C1. The molecule has 3 heteroatoms. The van der Waals surface area contributed by atoms with E-state index in [1.54, 1.807) is 0 Å². The second-order valence-electron chi connectivity index (χ2n) is 2.70. The summed E-state index contributed by atoms with van der Waals surface area (Å²) < 4.78 is 2.22. The maximum Gasteiger partial charge on any atom is 0.0307 e. The van der Waals surface area contributed by atoms with E-state index in [4.69, 9.17) is 10.7 Å². The third-order valence-electron chi connectivity index (χ3n) is 1.72. The molecule has 1 unspecified atom stereocenters. The molecule has 1 saturated heterocycles. The molecule has 0 saturated carbocycles. The largest absolute Gasteiger partial charge is 0.237 e. The minimum Gasteiger partial charge on any atom is -0.237 e. The molecule has 1 aliphatic rings. The van der Waals surface area contributed by atoms with Crippen molar-refractivity contribution in [3.05, 3.63) is 0 Å². The van der Waals surface area contributed by atoms with Crippen LogP contribution < -0.4 is 0 Å². The Morgan fingerprint density at radius 1 is 1.67 bits per heavy atom. The normalized spacial score (nSPS) is 30.7. The van der Waals surface area contributed by atoms with Gasteiger partial charge in [0.25, 0.3) is 0 Å². The first-order valence-corrected chi connectivity index (χ1v) is 4.96. The highest BCUT2D eigenvalue weighted by Gasteiger charge is 2.15. The van der Waals surface area contributed by atoms with Gasteiger partial charge in [-0.1, -0.05) is 6.92 Å². The third-order valence-corrected chi connectivity index (χ3v) is 2.83. The van der Waals surface area contributed by atoms with Gasteiger partial charge in [-0.2, -0.15) is 0 Å². The Morgan fingerprint density at radius 3 is 2.89 bits per heavy atom. The Balaban J connectivity index is 2.23. The van der Waals surface area contributed by atoms with Crippen LogP contribution in [-0.4, -0.2) is 17.4 Å². The molecule has 1 rings (SSSR count). The molecule has 0 aliphatic carbocycles. The molecule has 1 nitrogen and oxygen atoms in total. The van der Waals surface area contributed by atoms with Crippen molar-refractivity contribution in [3.63, 3.8) is 0 Å². The predicted octanol–water partition coefficient (Wildman–Crippen LogP) is 2.52. The molecule has 0 aromatic carbocycles. The molecule has 1 fully saturated rings. The van der Waals surface area contributed by atoms with E-state index in [9.17, 15) is 0 Å². The molecule has 9 heavy (non-hydrogen) atoms. The first-order chi connectivity index (χ1) is 4.33. The van der Waals surface area contributed by atoms with Gasteiger partial charge in [-0.25, -0.2) is 4.31 Å². The minimum absolute atomic E-state index is 0.838. The van der Waals surface area contributed by atoms with Crippen LogP contribution in [0, 0.1) is 5.92 Å². The number of rotatable bonds is 1. The molecule has 0 aromatic heterocycles. The van der Waals surface area contributed by atoms with Gasteiger partial charge in [0.1, 0.15) is 0 Å². The molecule has 0 radical (unpaired) electrons. The first-order valence-electron chi connectivity index (χ1n) is 3.36. The lowest BCUT2D eigenvalue weighted by molar-refractivity contribution is 0.304. The number of hydrogen-bond donors (Lipinski definition) is 0. The van der Waals surface area contributed by atoms with E-state index in [-0.39, 0.29) is 0 Å². The summed E-state index contributed by atoms with van der Waals surface area (Å²) in [5.41, 5.74) is 0. The molecule has 1 atom stereocenters. The van der Waals surface area contributed by atoms with Crippen molar-refractivity contribution in [1.82, 2.24) is 4.31 Å². The summed E-state index contributed by atoms with van der Waals surface area (Å²) in [6.07, 6.45) is 2.68. The van der Waals surface area contributed by atoms with Crippen LogP contribution in [0.1, 0.15) is 19.8 Å². The highest BCUT2D eigenvalue weighted by atomic mass is 35.7. The van der Waals surface area contributed by atoms with Gasteiger partial charge >= 0.3 is 0 Å². The van der Waals surface area contributed by atoms with E-state index >= 15 is 0 Å². The van der Waals surface area contributed by atoms with Crippen LogP contribution in [0.5, 0.6) is 0 Å². The lowest BCUT2D eigenvalue weighted by Crippen LogP contribution is -2.27. The van der Waals surface area contributed by atoms with Crippen molar-refractivity contribution in [3.8, 4) is 0 Å². The predicted molar refractivity (Wildman–Crippen MR) is 43.4 cm³/mol. The molecule has 0 spiro atoms. The van der Waals surface area contributed by atoms with Crippen LogP contribution in [-0.2, 0) is 0 Å². The standard InChI is InChI=1S/C6H12ClNS/c1-6-3-2-4-8(5-6)9-7/h6H,2-5H2,1H3. The highest BCUT2D eigenvalue weighted by Crippen LogP contribution is 2.23. The third kappa shape index (κ3) is 2.36. The lowest BCUT2D eigenvalue weighted by Gasteiger charge is -2.26. The summed E-state index contributed by atoms with van der Waals surface area (Å²) in [6, 6.07) is 0. The highest BCUT2D eigenvalue weighted by molar-refractivity contribution is 8.19. The van der Waals surface area contributed by atoms with Crippen molar-refractivity contribution in [1.29, 1.82) is 0 Å². The fourth-order valence-electron chi connectivity index (χ4n) is 1.21. The Morgan fingerprint density at radius 2 is 2.44 bits per heavy atom. The summed E-state index contributed by atoms with van der Waals surface area (Å²) in [6.45, 7) is 4.60. The maximum absolute atomic E-state index is 5.59. The van der Waals surface area contributed by atoms with E-state index in [1.165, 1.54) is 30.5 Å². The molecule has 0 amide bonds. The van der Waals surface area contributed by atoms with Crippen LogP contribution in [0.25, 0.3) is 0 Å². The van der Waals surface area contributed by atoms with E-state index in [2.05, 4.69) is 11.2 Å². The van der Waals surface area contributed by atoms with E-state index < -0.39 is 0 Å². The average molecular weight is 166 g/mol. The zero-order valence-electron chi connectivity index (χ0n) is 5.64. The Labute approximate surface area is 65.4 Å². The number of nitrogens with zero attached hydrogens (tertiary/aromatic N) is 1. The van der Waals surface area contributed by atoms with Gasteiger partial charge < -0.3 is 0 Å². The zero-order chi connectivity index (χ0) is 6.69. The first kappa shape index (κ1) is 7.70.